The molecule has 0 saturated carbocycles. The molecular weight excluding hydrogens is 154 g/mol. The third-order valence-corrected chi connectivity index (χ3v) is 2.08. The van der Waals surface area contributed by atoms with Gasteiger partial charge in [0.2, 0.25) is 0 Å². The van der Waals surface area contributed by atoms with E-state index in [2.05, 4.69) is 5.10 Å². The Bertz CT molecular complexity index is 253. The molecule has 0 aliphatic carbocycles. The highest BCUT2D eigenvalue weighted by atomic mass is 16.5. The zero-order valence-corrected chi connectivity index (χ0v) is 6.94. The van der Waals surface area contributed by atoms with Crippen LogP contribution in [0.2, 0.25) is 0 Å². The molecule has 4 nitrogen and oxygen atoms in total. The van der Waals surface area contributed by atoms with E-state index in [9.17, 15) is 0 Å². The molecule has 1 aliphatic heterocycles. The molecule has 66 valence electrons. The average molecular weight is 167 g/mol. The first kappa shape index (κ1) is 7.61. The molecule has 0 amide bonds. The SMILES string of the molecule is Nc1ccn(CC2CCCO2)n1. The van der Waals surface area contributed by atoms with Crippen molar-refractivity contribution in [3.8, 4) is 0 Å². The Morgan fingerprint density at radius 3 is 3.25 bits per heavy atom. The van der Waals surface area contributed by atoms with Gasteiger partial charge in [0, 0.05) is 12.8 Å². The molecule has 2 heterocycles. The summed E-state index contributed by atoms with van der Waals surface area (Å²) in [4.78, 5) is 0. The number of nitrogen functional groups attached to an aromatic ring is 1. The normalized spacial score (nSPS) is 23.2. The fourth-order valence-electron chi connectivity index (χ4n) is 1.48. The Balaban J connectivity index is 1.94. The molecule has 4 heteroatoms. The van der Waals surface area contributed by atoms with Gasteiger partial charge in [-0.3, -0.25) is 4.68 Å². The Hall–Kier alpha value is -1.03. The molecule has 2 rings (SSSR count). The molecule has 0 bridgehead atoms. The highest BCUT2D eigenvalue weighted by Gasteiger charge is 2.15. The number of hydrogen-bond acceptors (Lipinski definition) is 3. The molecule has 1 saturated heterocycles. The predicted molar refractivity (Wildman–Crippen MR) is 45.6 cm³/mol. The molecule has 0 radical (unpaired) electrons. The molecule has 1 unspecified atom stereocenters. The summed E-state index contributed by atoms with van der Waals surface area (Å²) in [6.45, 7) is 1.72. The van der Waals surface area contributed by atoms with Crippen molar-refractivity contribution < 1.29 is 4.74 Å². The monoisotopic (exact) mass is 167 g/mol. The van der Waals surface area contributed by atoms with Crippen molar-refractivity contribution in [1.29, 1.82) is 0 Å². The first-order chi connectivity index (χ1) is 5.84. The van der Waals surface area contributed by atoms with Gasteiger partial charge in [0.05, 0.1) is 12.6 Å². The van der Waals surface area contributed by atoms with Crippen LogP contribution in [0.1, 0.15) is 12.8 Å². The summed E-state index contributed by atoms with van der Waals surface area (Å²) in [7, 11) is 0. The van der Waals surface area contributed by atoms with Gasteiger partial charge in [-0.15, -0.1) is 0 Å². The van der Waals surface area contributed by atoms with Crippen molar-refractivity contribution in [1.82, 2.24) is 9.78 Å². The first-order valence-electron chi connectivity index (χ1n) is 4.25. The molecular formula is C8H13N3O. The van der Waals surface area contributed by atoms with Gasteiger partial charge in [-0.2, -0.15) is 5.10 Å². The van der Waals surface area contributed by atoms with Gasteiger partial charge < -0.3 is 10.5 Å². The van der Waals surface area contributed by atoms with Crippen LogP contribution < -0.4 is 5.73 Å². The zero-order valence-electron chi connectivity index (χ0n) is 6.94. The van der Waals surface area contributed by atoms with E-state index in [4.69, 9.17) is 10.5 Å². The van der Waals surface area contributed by atoms with E-state index in [-0.39, 0.29) is 0 Å². The molecule has 0 spiro atoms. The van der Waals surface area contributed by atoms with E-state index < -0.39 is 0 Å². The van der Waals surface area contributed by atoms with Crippen LogP contribution in [0.25, 0.3) is 0 Å². The van der Waals surface area contributed by atoms with Crippen molar-refractivity contribution in [2.45, 2.75) is 25.5 Å². The molecule has 1 aromatic heterocycles. The number of anilines is 1. The Kier molecular flexibility index (Phi) is 1.99. The topological polar surface area (TPSA) is 53.1 Å². The third-order valence-electron chi connectivity index (χ3n) is 2.08. The largest absolute Gasteiger partial charge is 0.382 e. The van der Waals surface area contributed by atoms with Crippen molar-refractivity contribution in [3.05, 3.63) is 12.3 Å². The minimum atomic E-state index is 0.337. The molecule has 1 aromatic rings. The quantitative estimate of drug-likeness (QED) is 0.703. The Morgan fingerprint density at radius 1 is 1.75 bits per heavy atom. The standard InChI is InChI=1S/C8H13N3O/c9-8-3-4-11(10-8)6-7-2-1-5-12-7/h3-4,7H,1-2,5-6H2,(H2,9,10). The van der Waals surface area contributed by atoms with Crippen molar-refractivity contribution in [2.75, 3.05) is 12.3 Å². The van der Waals surface area contributed by atoms with Gasteiger partial charge in [0.1, 0.15) is 5.82 Å². The first-order valence-corrected chi connectivity index (χ1v) is 4.25. The fraction of sp³-hybridized carbons (Fsp3) is 0.625. The number of nitrogens with zero attached hydrogens (tertiary/aromatic N) is 2. The van der Waals surface area contributed by atoms with Crippen molar-refractivity contribution in [2.24, 2.45) is 0 Å². The summed E-state index contributed by atoms with van der Waals surface area (Å²) in [5.41, 5.74) is 5.48. The second kappa shape index (κ2) is 3.15. The van der Waals surface area contributed by atoms with Crippen LogP contribution in [0.5, 0.6) is 0 Å². The van der Waals surface area contributed by atoms with Crippen LogP contribution in [0.15, 0.2) is 12.3 Å². The number of ether oxygens (including phenoxy) is 1. The highest BCUT2D eigenvalue weighted by Crippen LogP contribution is 2.13. The van der Waals surface area contributed by atoms with Crippen LogP contribution in [-0.2, 0) is 11.3 Å². The average Bonchev–Trinajstić information content (AvgIpc) is 2.63. The van der Waals surface area contributed by atoms with Gasteiger partial charge in [-0.05, 0) is 18.9 Å². The Morgan fingerprint density at radius 2 is 2.67 bits per heavy atom. The van der Waals surface area contributed by atoms with Gasteiger partial charge >= 0.3 is 0 Å². The number of nitrogens with two attached hydrogens (primary N) is 1. The van der Waals surface area contributed by atoms with Crippen LogP contribution in [-0.4, -0.2) is 22.5 Å². The van der Waals surface area contributed by atoms with Crippen molar-refractivity contribution >= 4 is 5.82 Å². The van der Waals surface area contributed by atoms with E-state index in [1.807, 2.05) is 10.9 Å². The minimum Gasteiger partial charge on any atom is -0.382 e. The molecule has 1 aliphatic rings. The summed E-state index contributed by atoms with van der Waals surface area (Å²) in [5, 5.41) is 4.09. The van der Waals surface area contributed by atoms with Gasteiger partial charge in [0.25, 0.3) is 0 Å². The maximum Gasteiger partial charge on any atom is 0.145 e. The molecule has 12 heavy (non-hydrogen) atoms. The number of rotatable bonds is 2. The lowest BCUT2D eigenvalue weighted by Crippen LogP contribution is -2.15. The lowest BCUT2D eigenvalue weighted by Gasteiger charge is -2.08. The summed E-state index contributed by atoms with van der Waals surface area (Å²) in [6.07, 6.45) is 4.53. The summed E-state index contributed by atoms with van der Waals surface area (Å²) in [5.74, 6) is 0.577. The molecule has 0 aromatic carbocycles. The van der Waals surface area contributed by atoms with E-state index in [1.165, 1.54) is 6.42 Å². The Labute approximate surface area is 71.3 Å². The number of hydrogen-bond donors (Lipinski definition) is 1. The second-order valence-corrected chi connectivity index (χ2v) is 3.10. The highest BCUT2D eigenvalue weighted by molar-refractivity contribution is 5.23. The number of aromatic nitrogens is 2. The van der Waals surface area contributed by atoms with Crippen LogP contribution in [0, 0.1) is 0 Å². The second-order valence-electron chi connectivity index (χ2n) is 3.10. The van der Waals surface area contributed by atoms with Gasteiger partial charge in [0.15, 0.2) is 0 Å². The van der Waals surface area contributed by atoms with Crippen LogP contribution in [0.4, 0.5) is 5.82 Å². The molecule has 1 atom stereocenters. The maximum atomic E-state index is 5.48. The summed E-state index contributed by atoms with van der Waals surface area (Å²) >= 11 is 0. The summed E-state index contributed by atoms with van der Waals surface area (Å²) in [6, 6.07) is 1.80. The smallest absolute Gasteiger partial charge is 0.145 e. The van der Waals surface area contributed by atoms with E-state index in [0.717, 1.165) is 19.6 Å². The predicted octanol–water partition coefficient (Wildman–Crippen LogP) is 0.644. The molecule has 2 N–H and O–H groups in total. The third kappa shape index (κ3) is 1.58. The maximum absolute atomic E-state index is 5.48. The van der Waals surface area contributed by atoms with Crippen molar-refractivity contribution in [3.63, 3.8) is 0 Å². The van der Waals surface area contributed by atoms with Gasteiger partial charge in [-0.25, -0.2) is 0 Å². The van der Waals surface area contributed by atoms with Crippen LogP contribution >= 0.6 is 0 Å². The zero-order chi connectivity index (χ0) is 8.39. The lowest BCUT2D eigenvalue weighted by atomic mass is 10.2. The molecule has 1 fully saturated rings. The van der Waals surface area contributed by atoms with Gasteiger partial charge in [-0.1, -0.05) is 0 Å². The van der Waals surface area contributed by atoms with E-state index in [1.54, 1.807) is 6.07 Å². The summed E-state index contributed by atoms with van der Waals surface area (Å²) < 4.78 is 7.30. The fourth-order valence-corrected chi connectivity index (χ4v) is 1.48. The van der Waals surface area contributed by atoms with E-state index >= 15 is 0 Å². The van der Waals surface area contributed by atoms with Crippen LogP contribution in [0.3, 0.4) is 0 Å². The lowest BCUT2D eigenvalue weighted by molar-refractivity contribution is 0.0941. The van der Waals surface area contributed by atoms with E-state index in [0.29, 0.717) is 11.9 Å². The minimum absolute atomic E-state index is 0.337.